The van der Waals surface area contributed by atoms with Crippen LogP contribution in [0.4, 0.5) is 0 Å². The Labute approximate surface area is 48.2 Å². The van der Waals surface area contributed by atoms with Crippen LogP contribution >= 0.6 is 0 Å². The summed E-state index contributed by atoms with van der Waals surface area (Å²) >= 11 is 0. The molecule has 0 heterocycles. The van der Waals surface area contributed by atoms with Crippen molar-refractivity contribution in [2.24, 2.45) is 22.7 Å². The summed E-state index contributed by atoms with van der Waals surface area (Å²) in [5.41, 5.74) is 5.27. The first-order valence-corrected chi connectivity index (χ1v) is 2.73. The molecule has 0 radical (unpaired) electrons. The third-order valence-electron chi connectivity index (χ3n) is 1.60. The normalized spacial score (nSPS) is 37.4. The second kappa shape index (κ2) is 1.65. The van der Waals surface area contributed by atoms with Gasteiger partial charge in [0.25, 0.3) is 0 Å². The molecular weight excluding hydrogens is 104 g/mol. The Morgan fingerprint density at radius 2 is 2.38 bits per heavy atom. The third kappa shape index (κ3) is 0.757. The van der Waals surface area contributed by atoms with Gasteiger partial charge in [0.2, 0.25) is 0 Å². The molecular formula is C5H10N2O. The van der Waals surface area contributed by atoms with E-state index in [2.05, 4.69) is 12.1 Å². The number of nitrogens with zero attached hydrogens (tertiary/aromatic N) is 1. The highest BCUT2D eigenvalue weighted by molar-refractivity contribution is 5.84. The van der Waals surface area contributed by atoms with Crippen molar-refractivity contribution in [3.63, 3.8) is 0 Å². The molecule has 0 aromatic rings. The van der Waals surface area contributed by atoms with Crippen LogP contribution < -0.4 is 5.73 Å². The summed E-state index contributed by atoms with van der Waals surface area (Å²) in [7, 11) is 0. The van der Waals surface area contributed by atoms with Gasteiger partial charge in [-0.25, -0.2) is 0 Å². The molecule has 1 fully saturated rings. The molecule has 1 aliphatic carbocycles. The van der Waals surface area contributed by atoms with Crippen molar-refractivity contribution >= 4 is 5.84 Å². The highest BCUT2D eigenvalue weighted by atomic mass is 16.4. The monoisotopic (exact) mass is 114 g/mol. The lowest BCUT2D eigenvalue weighted by atomic mass is 10.3. The first-order chi connectivity index (χ1) is 3.75. The lowest BCUT2D eigenvalue weighted by Gasteiger charge is -1.88. The van der Waals surface area contributed by atoms with Crippen LogP contribution in [0, 0.1) is 11.8 Å². The van der Waals surface area contributed by atoms with Crippen LogP contribution in [0.15, 0.2) is 5.16 Å². The number of oxime groups is 1. The molecule has 3 nitrogen and oxygen atoms in total. The van der Waals surface area contributed by atoms with E-state index in [0.29, 0.717) is 17.7 Å². The molecule has 0 spiro atoms. The zero-order chi connectivity index (χ0) is 6.15. The maximum atomic E-state index is 8.13. The van der Waals surface area contributed by atoms with Crippen LogP contribution in [0.3, 0.4) is 0 Å². The third-order valence-corrected chi connectivity index (χ3v) is 1.60. The molecule has 1 rings (SSSR count). The summed E-state index contributed by atoms with van der Waals surface area (Å²) in [5.74, 6) is 1.38. The molecule has 0 bridgehead atoms. The molecule has 46 valence electrons. The van der Waals surface area contributed by atoms with E-state index in [0.717, 1.165) is 6.42 Å². The Hall–Kier alpha value is -0.730. The number of hydrogen-bond donors (Lipinski definition) is 2. The standard InChI is InChI=1S/C5H10N2O/c1-3-2-4(3)5(6)7-8/h3-4,8H,2H2,1H3,(H2,6,7)/t3-,4-/m1/s1. The van der Waals surface area contributed by atoms with Crippen LogP contribution in [-0.2, 0) is 0 Å². The van der Waals surface area contributed by atoms with Crippen molar-refractivity contribution in [3.8, 4) is 0 Å². The van der Waals surface area contributed by atoms with Gasteiger partial charge < -0.3 is 10.9 Å². The van der Waals surface area contributed by atoms with E-state index < -0.39 is 0 Å². The molecule has 0 saturated heterocycles. The molecule has 0 amide bonds. The van der Waals surface area contributed by atoms with Gasteiger partial charge >= 0.3 is 0 Å². The molecule has 0 unspecified atom stereocenters. The number of hydrogen-bond acceptors (Lipinski definition) is 2. The topological polar surface area (TPSA) is 58.6 Å². The summed E-state index contributed by atoms with van der Waals surface area (Å²) in [6.45, 7) is 2.09. The molecule has 0 aromatic carbocycles. The number of rotatable bonds is 1. The van der Waals surface area contributed by atoms with Crippen molar-refractivity contribution in [1.29, 1.82) is 0 Å². The van der Waals surface area contributed by atoms with Crippen LogP contribution in [0.1, 0.15) is 13.3 Å². The van der Waals surface area contributed by atoms with Gasteiger partial charge in [0.15, 0.2) is 0 Å². The summed E-state index contributed by atoms with van der Waals surface area (Å²) < 4.78 is 0. The average molecular weight is 114 g/mol. The van der Waals surface area contributed by atoms with E-state index in [-0.39, 0.29) is 0 Å². The van der Waals surface area contributed by atoms with Crippen molar-refractivity contribution in [3.05, 3.63) is 0 Å². The smallest absolute Gasteiger partial charge is 0.142 e. The van der Waals surface area contributed by atoms with Crippen LogP contribution in [-0.4, -0.2) is 11.0 Å². The van der Waals surface area contributed by atoms with E-state index in [9.17, 15) is 0 Å². The van der Waals surface area contributed by atoms with Crippen molar-refractivity contribution < 1.29 is 5.21 Å². The fourth-order valence-electron chi connectivity index (χ4n) is 0.808. The minimum Gasteiger partial charge on any atom is -0.409 e. The molecule has 3 N–H and O–H groups in total. The van der Waals surface area contributed by atoms with Gasteiger partial charge in [-0.05, 0) is 12.3 Å². The van der Waals surface area contributed by atoms with Crippen molar-refractivity contribution in [1.82, 2.24) is 0 Å². The Bertz CT molecular complexity index is 122. The highest BCUT2D eigenvalue weighted by Gasteiger charge is 2.36. The largest absolute Gasteiger partial charge is 0.409 e. The molecule has 2 atom stereocenters. The van der Waals surface area contributed by atoms with E-state index in [1.54, 1.807) is 0 Å². The van der Waals surface area contributed by atoms with Gasteiger partial charge in [0.05, 0.1) is 0 Å². The molecule has 0 aliphatic heterocycles. The SMILES string of the molecule is C[C@@H]1C[C@H]1/C(N)=N\O. The summed E-state index contributed by atoms with van der Waals surface area (Å²) in [6.07, 6.45) is 1.08. The van der Waals surface area contributed by atoms with Gasteiger partial charge in [-0.15, -0.1) is 0 Å². The second-order valence-corrected chi connectivity index (χ2v) is 2.34. The molecule has 8 heavy (non-hydrogen) atoms. The first kappa shape index (κ1) is 5.41. The summed E-state index contributed by atoms with van der Waals surface area (Å²) in [4.78, 5) is 0. The van der Waals surface area contributed by atoms with Crippen molar-refractivity contribution in [2.45, 2.75) is 13.3 Å². The van der Waals surface area contributed by atoms with Crippen molar-refractivity contribution in [2.75, 3.05) is 0 Å². The Morgan fingerprint density at radius 3 is 2.50 bits per heavy atom. The molecule has 1 aliphatic rings. The van der Waals surface area contributed by atoms with Gasteiger partial charge in [-0.2, -0.15) is 0 Å². The average Bonchev–Trinajstić information content (AvgIpc) is 2.45. The predicted octanol–water partition coefficient (Wildman–Crippen LogP) is 0.389. The minimum atomic E-state index is 0.361. The maximum absolute atomic E-state index is 8.13. The van der Waals surface area contributed by atoms with Crippen LogP contribution in [0.2, 0.25) is 0 Å². The van der Waals surface area contributed by atoms with Gasteiger partial charge in [-0.3, -0.25) is 0 Å². The fraction of sp³-hybridized carbons (Fsp3) is 0.800. The van der Waals surface area contributed by atoms with Gasteiger partial charge in [0.1, 0.15) is 5.84 Å². The summed E-state index contributed by atoms with van der Waals surface area (Å²) in [6, 6.07) is 0. The second-order valence-electron chi connectivity index (χ2n) is 2.34. The van der Waals surface area contributed by atoms with E-state index in [1.165, 1.54) is 0 Å². The Morgan fingerprint density at radius 1 is 1.88 bits per heavy atom. The van der Waals surface area contributed by atoms with Crippen LogP contribution in [0.25, 0.3) is 0 Å². The van der Waals surface area contributed by atoms with Gasteiger partial charge in [-0.1, -0.05) is 12.1 Å². The lowest BCUT2D eigenvalue weighted by Crippen LogP contribution is -2.14. The molecule has 3 heteroatoms. The van der Waals surface area contributed by atoms with E-state index in [1.807, 2.05) is 0 Å². The predicted molar refractivity (Wildman–Crippen MR) is 30.7 cm³/mol. The van der Waals surface area contributed by atoms with E-state index in [4.69, 9.17) is 10.9 Å². The van der Waals surface area contributed by atoms with E-state index >= 15 is 0 Å². The fourth-order valence-corrected chi connectivity index (χ4v) is 0.808. The first-order valence-electron chi connectivity index (χ1n) is 2.73. The zero-order valence-corrected chi connectivity index (χ0v) is 4.83. The quantitative estimate of drug-likeness (QED) is 0.224. The number of nitrogens with two attached hydrogens (primary N) is 1. The Kier molecular flexibility index (Phi) is 1.12. The molecule has 1 saturated carbocycles. The summed E-state index contributed by atoms with van der Waals surface area (Å²) in [5, 5.41) is 11.0. The maximum Gasteiger partial charge on any atom is 0.142 e. The Balaban J connectivity index is 2.39. The van der Waals surface area contributed by atoms with Gasteiger partial charge in [0, 0.05) is 5.92 Å². The highest BCUT2D eigenvalue weighted by Crippen LogP contribution is 2.37. The molecule has 0 aromatic heterocycles. The number of amidine groups is 1. The van der Waals surface area contributed by atoms with Crippen LogP contribution in [0.5, 0.6) is 0 Å². The lowest BCUT2D eigenvalue weighted by molar-refractivity contribution is 0.316. The minimum absolute atomic E-state index is 0.361. The zero-order valence-electron chi connectivity index (χ0n) is 4.83.